The molecular formula is C17H18N2O. The number of nitriles is 1. The molecule has 0 N–H and O–H groups in total. The van der Waals surface area contributed by atoms with Gasteiger partial charge in [0.2, 0.25) is 0 Å². The van der Waals surface area contributed by atoms with Gasteiger partial charge in [0.25, 0.3) is 0 Å². The van der Waals surface area contributed by atoms with Crippen LogP contribution in [-0.2, 0) is 5.41 Å². The Labute approximate surface area is 119 Å². The number of ether oxygens (including phenoxy) is 1. The number of nitrogens with zero attached hydrogens (tertiary/aromatic N) is 2. The van der Waals surface area contributed by atoms with E-state index in [1.165, 1.54) is 5.56 Å². The highest BCUT2D eigenvalue weighted by Crippen LogP contribution is 2.31. The van der Waals surface area contributed by atoms with Gasteiger partial charge in [0.15, 0.2) is 5.75 Å². The van der Waals surface area contributed by atoms with Crippen LogP contribution in [-0.4, -0.2) is 4.98 Å². The van der Waals surface area contributed by atoms with Gasteiger partial charge in [-0.1, -0.05) is 32.9 Å². The minimum Gasteiger partial charge on any atom is -0.454 e. The molecule has 0 saturated carbocycles. The van der Waals surface area contributed by atoms with Gasteiger partial charge < -0.3 is 4.74 Å². The molecule has 20 heavy (non-hydrogen) atoms. The third-order valence-electron chi connectivity index (χ3n) is 3.17. The van der Waals surface area contributed by atoms with Gasteiger partial charge in [-0.2, -0.15) is 5.26 Å². The molecule has 0 amide bonds. The number of rotatable bonds is 2. The fourth-order valence-electron chi connectivity index (χ4n) is 1.90. The molecule has 0 aliphatic heterocycles. The first kappa shape index (κ1) is 14.1. The van der Waals surface area contributed by atoms with Crippen LogP contribution in [0, 0.1) is 18.3 Å². The molecule has 0 unspecified atom stereocenters. The molecular weight excluding hydrogens is 248 g/mol. The molecule has 0 aliphatic rings. The summed E-state index contributed by atoms with van der Waals surface area (Å²) in [7, 11) is 0. The molecule has 1 aromatic heterocycles. The zero-order valence-electron chi connectivity index (χ0n) is 12.3. The van der Waals surface area contributed by atoms with Gasteiger partial charge in [0.05, 0.1) is 11.8 Å². The van der Waals surface area contributed by atoms with E-state index < -0.39 is 0 Å². The quantitative estimate of drug-likeness (QED) is 0.811. The van der Waals surface area contributed by atoms with E-state index in [0.29, 0.717) is 11.3 Å². The zero-order valence-corrected chi connectivity index (χ0v) is 12.3. The number of benzene rings is 1. The lowest BCUT2D eigenvalue weighted by molar-refractivity contribution is 0.473. The number of aromatic nitrogens is 1. The smallest absolute Gasteiger partial charge is 0.163 e. The second-order valence-corrected chi connectivity index (χ2v) is 5.82. The van der Waals surface area contributed by atoms with Crippen molar-refractivity contribution in [1.82, 2.24) is 4.98 Å². The summed E-state index contributed by atoms with van der Waals surface area (Å²) in [5.74, 6) is 1.24. The molecule has 0 bridgehead atoms. The Bertz CT molecular complexity index is 663. The summed E-state index contributed by atoms with van der Waals surface area (Å²) < 4.78 is 5.81. The summed E-state index contributed by atoms with van der Waals surface area (Å²) in [5.41, 5.74) is 2.90. The molecule has 0 radical (unpaired) electrons. The molecule has 102 valence electrons. The van der Waals surface area contributed by atoms with Crippen LogP contribution in [0.25, 0.3) is 0 Å². The predicted molar refractivity (Wildman–Crippen MR) is 78.9 cm³/mol. The first-order chi connectivity index (χ1) is 9.41. The molecule has 3 heteroatoms. The van der Waals surface area contributed by atoms with Gasteiger partial charge in [0.1, 0.15) is 11.8 Å². The average molecular weight is 266 g/mol. The van der Waals surface area contributed by atoms with Gasteiger partial charge in [-0.25, -0.2) is 0 Å². The van der Waals surface area contributed by atoms with Crippen LogP contribution in [0.15, 0.2) is 36.7 Å². The molecule has 0 saturated heterocycles. The molecule has 1 heterocycles. The maximum atomic E-state index is 9.06. The first-order valence-corrected chi connectivity index (χ1v) is 6.55. The van der Waals surface area contributed by atoms with Gasteiger partial charge in [-0.3, -0.25) is 4.98 Å². The normalized spacial score (nSPS) is 10.9. The summed E-state index contributed by atoms with van der Waals surface area (Å²) in [5, 5.41) is 9.06. The Kier molecular flexibility index (Phi) is 3.76. The SMILES string of the molecule is Cc1cc(C(C)(C)C)ccc1Oc1cnccc1C#N. The van der Waals surface area contributed by atoms with E-state index in [1.54, 1.807) is 18.5 Å². The second kappa shape index (κ2) is 5.34. The summed E-state index contributed by atoms with van der Waals surface area (Å²) in [6.07, 6.45) is 3.15. The number of pyridine rings is 1. The highest BCUT2D eigenvalue weighted by atomic mass is 16.5. The van der Waals surface area contributed by atoms with Crippen LogP contribution in [0.2, 0.25) is 0 Å². The van der Waals surface area contributed by atoms with Crippen molar-refractivity contribution in [3.05, 3.63) is 53.3 Å². The summed E-state index contributed by atoms with van der Waals surface area (Å²) >= 11 is 0. The van der Waals surface area contributed by atoms with E-state index in [2.05, 4.69) is 44.0 Å². The molecule has 3 nitrogen and oxygen atoms in total. The third-order valence-corrected chi connectivity index (χ3v) is 3.17. The molecule has 0 spiro atoms. The minimum atomic E-state index is 0.107. The first-order valence-electron chi connectivity index (χ1n) is 6.55. The van der Waals surface area contributed by atoms with E-state index in [0.717, 1.165) is 11.3 Å². The number of hydrogen-bond acceptors (Lipinski definition) is 3. The standard InChI is InChI=1S/C17H18N2O/c1-12-9-14(17(2,3)4)5-6-15(12)20-16-11-19-8-7-13(16)10-18/h5-9,11H,1-4H3. The average Bonchev–Trinajstić information content (AvgIpc) is 2.40. The van der Waals surface area contributed by atoms with Crippen LogP contribution in [0.4, 0.5) is 0 Å². The van der Waals surface area contributed by atoms with Crippen molar-refractivity contribution >= 4 is 0 Å². The van der Waals surface area contributed by atoms with Crippen molar-refractivity contribution in [3.8, 4) is 17.6 Å². The highest BCUT2D eigenvalue weighted by molar-refractivity contribution is 5.46. The predicted octanol–water partition coefficient (Wildman–Crippen LogP) is 4.35. The van der Waals surface area contributed by atoms with Gasteiger partial charge in [-0.05, 0) is 35.6 Å². The Morgan fingerprint density at radius 3 is 2.50 bits per heavy atom. The van der Waals surface area contributed by atoms with Crippen LogP contribution in [0.1, 0.15) is 37.5 Å². The van der Waals surface area contributed by atoms with E-state index in [9.17, 15) is 0 Å². The molecule has 2 aromatic rings. The van der Waals surface area contributed by atoms with Gasteiger partial charge >= 0.3 is 0 Å². The minimum absolute atomic E-state index is 0.107. The highest BCUT2D eigenvalue weighted by Gasteiger charge is 2.15. The molecule has 1 aromatic carbocycles. The van der Waals surface area contributed by atoms with Gasteiger partial charge in [0, 0.05) is 6.20 Å². The van der Waals surface area contributed by atoms with Crippen molar-refractivity contribution in [3.63, 3.8) is 0 Å². The van der Waals surface area contributed by atoms with E-state index in [4.69, 9.17) is 10.00 Å². The molecule has 0 fully saturated rings. The van der Waals surface area contributed by atoms with Crippen molar-refractivity contribution < 1.29 is 4.74 Å². The van der Waals surface area contributed by atoms with Crippen LogP contribution in [0.3, 0.4) is 0 Å². The summed E-state index contributed by atoms with van der Waals surface area (Å²) in [4.78, 5) is 4.00. The topological polar surface area (TPSA) is 45.9 Å². The third kappa shape index (κ3) is 2.97. The van der Waals surface area contributed by atoms with Crippen LogP contribution >= 0.6 is 0 Å². The zero-order chi connectivity index (χ0) is 14.8. The second-order valence-electron chi connectivity index (χ2n) is 5.82. The Hall–Kier alpha value is -2.34. The number of hydrogen-bond donors (Lipinski definition) is 0. The van der Waals surface area contributed by atoms with Crippen molar-refractivity contribution in [1.29, 1.82) is 5.26 Å². The summed E-state index contributed by atoms with van der Waals surface area (Å²) in [6.45, 7) is 8.54. The van der Waals surface area contributed by atoms with E-state index in [-0.39, 0.29) is 5.41 Å². The maximum Gasteiger partial charge on any atom is 0.163 e. The molecule has 0 atom stereocenters. The monoisotopic (exact) mass is 266 g/mol. The van der Waals surface area contributed by atoms with Crippen LogP contribution < -0.4 is 4.74 Å². The van der Waals surface area contributed by atoms with Crippen molar-refractivity contribution in [2.45, 2.75) is 33.1 Å². The lowest BCUT2D eigenvalue weighted by atomic mass is 9.86. The van der Waals surface area contributed by atoms with E-state index in [1.807, 2.05) is 13.0 Å². The Morgan fingerprint density at radius 2 is 1.90 bits per heavy atom. The maximum absolute atomic E-state index is 9.06. The Balaban J connectivity index is 2.34. The van der Waals surface area contributed by atoms with Crippen LogP contribution in [0.5, 0.6) is 11.5 Å². The van der Waals surface area contributed by atoms with Crippen molar-refractivity contribution in [2.75, 3.05) is 0 Å². The lowest BCUT2D eigenvalue weighted by Crippen LogP contribution is -2.11. The van der Waals surface area contributed by atoms with E-state index >= 15 is 0 Å². The largest absolute Gasteiger partial charge is 0.454 e. The number of aryl methyl sites for hydroxylation is 1. The molecule has 2 rings (SSSR count). The van der Waals surface area contributed by atoms with Gasteiger partial charge in [-0.15, -0.1) is 0 Å². The summed E-state index contributed by atoms with van der Waals surface area (Å²) in [6, 6.07) is 9.88. The Morgan fingerprint density at radius 1 is 1.15 bits per heavy atom. The molecule has 0 aliphatic carbocycles. The lowest BCUT2D eigenvalue weighted by Gasteiger charge is -2.20. The fraction of sp³-hybridized carbons (Fsp3) is 0.294. The van der Waals surface area contributed by atoms with Crippen molar-refractivity contribution in [2.24, 2.45) is 0 Å². The fourth-order valence-corrected chi connectivity index (χ4v) is 1.90.